The zero-order chi connectivity index (χ0) is 27.4. The van der Waals surface area contributed by atoms with Crippen molar-refractivity contribution in [3.05, 3.63) is 65.0 Å². The molecule has 3 aliphatic rings. The fourth-order valence-corrected chi connectivity index (χ4v) is 6.35. The van der Waals surface area contributed by atoms with Crippen LogP contribution in [0.15, 0.2) is 42.5 Å². The van der Waals surface area contributed by atoms with Gasteiger partial charge in [-0.1, -0.05) is 12.1 Å². The minimum absolute atomic E-state index is 0.323. The summed E-state index contributed by atoms with van der Waals surface area (Å²) in [6, 6.07) is 16.5. The van der Waals surface area contributed by atoms with Gasteiger partial charge in [-0.05, 0) is 55.4 Å². The van der Waals surface area contributed by atoms with E-state index < -0.39 is 0 Å². The summed E-state index contributed by atoms with van der Waals surface area (Å²) in [6.07, 6.45) is 0. The van der Waals surface area contributed by atoms with Crippen LogP contribution in [0.1, 0.15) is 16.7 Å². The topological polar surface area (TPSA) is 89.4 Å². The van der Waals surface area contributed by atoms with E-state index in [2.05, 4.69) is 43.5 Å². The summed E-state index contributed by atoms with van der Waals surface area (Å²) in [7, 11) is 1.83. The number of fused-ring (bicyclic) bond motifs is 4. The van der Waals surface area contributed by atoms with Gasteiger partial charge in [0.05, 0.1) is 48.1 Å². The van der Waals surface area contributed by atoms with Crippen LogP contribution in [-0.4, -0.2) is 73.7 Å². The molecule has 2 N–H and O–H groups in total. The number of nitrogens with zero attached hydrogens (tertiary/aromatic N) is 4. The van der Waals surface area contributed by atoms with Crippen molar-refractivity contribution in [2.75, 3.05) is 51.4 Å². The zero-order valence-electron chi connectivity index (χ0n) is 22.6. The Morgan fingerprint density at radius 2 is 2.00 bits per heavy atom. The molecule has 2 fully saturated rings. The molecule has 40 heavy (non-hydrogen) atoms. The van der Waals surface area contributed by atoms with Gasteiger partial charge in [0.15, 0.2) is 0 Å². The Balaban J connectivity index is 1.24. The molecular weight excluding hydrogens is 507 g/mol. The van der Waals surface area contributed by atoms with Crippen molar-refractivity contribution in [1.82, 2.24) is 20.4 Å². The van der Waals surface area contributed by atoms with E-state index >= 15 is 4.39 Å². The number of H-pyrrole nitrogens is 1. The molecule has 0 spiro atoms. The number of benzene rings is 3. The fraction of sp³-hybridized carbons (Fsp3) is 0.355. The Bertz CT molecular complexity index is 1630. The molecule has 0 radical (unpaired) electrons. The molecule has 3 aliphatic heterocycles. The highest BCUT2D eigenvalue weighted by molar-refractivity contribution is 5.98. The number of halogens is 1. The average molecular weight is 539 g/mol. The van der Waals surface area contributed by atoms with Gasteiger partial charge in [0.25, 0.3) is 0 Å². The third-order valence-electron chi connectivity index (χ3n) is 8.44. The summed E-state index contributed by atoms with van der Waals surface area (Å²) in [6.45, 7) is 7.71. The van der Waals surface area contributed by atoms with Crippen molar-refractivity contribution in [2.24, 2.45) is 0 Å². The van der Waals surface area contributed by atoms with Crippen molar-refractivity contribution in [2.45, 2.75) is 25.6 Å². The van der Waals surface area contributed by atoms with E-state index in [-0.39, 0.29) is 5.82 Å². The monoisotopic (exact) mass is 538 g/mol. The van der Waals surface area contributed by atoms with Crippen molar-refractivity contribution >= 4 is 16.6 Å². The van der Waals surface area contributed by atoms with Crippen LogP contribution in [0, 0.1) is 24.1 Å². The minimum atomic E-state index is -0.340. The summed E-state index contributed by atoms with van der Waals surface area (Å²) in [5, 5.41) is 21.5. The predicted octanol–water partition coefficient (Wildman–Crippen LogP) is 4.22. The van der Waals surface area contributed by atoms with Crippen molar-refractivity contribution in [3.63, 3.8) is 0 Å². The van der Waals surface area contributed by atoms with Gasteiger partial charge in [0.1, 0.15) is 23.9 Å². The van der Waals surface area contributed by atoms with E-state index in [1.807, 2.05) is 32.2 Å². The standard InChI is InChI=1S/C31H31FN6O2/c1-18-7-19(13-34-2)8-26(32)30(18)24-11-25-27(9-21(24)12-33)35-36-31(25)20-3-4-28-29(10-20)40-17-22-14-37(5-6-38(22)28)23-15-39-16-23/h3-4,7-11,22-23,34H,5-6,13-17H2,1-2H3,(H,35,36)/t22-/m0/s1. The second-order valence-electron chi connectivity index (χ2n) is 11.0. The molecule has 3 aromatic carbocycles. The van der Waals surface area contributed by atoms with Crippen molar-refractivity contribution < 1.29 is 13.9 Å². The lowest BCUT2D eigenvalue weighted by Crippen LogP contribution is -2.62. The molecule has 0 aliphatic carbocycles. The Hall–Kier alpha value is -3.97. The van der Waals surface area contributed by atoms with Crippen LogP contribution >= 0.6 is 0 Å². The van der Waals surface area contributed by atoms with E-state index in [0.717, 1.165) is 77.6 Å². The van der Waals surface area contributed by atoms with Gasteiger partial charge in [-0.2, -0.15) is 10.4 Å². The zero-order valence-corrected chi connectivity index (χ0v) is 22.6. The number of aromatic nitrogens is 2. The van der Waals surface area contributed by atoms with E-state index in [9.17, 15) is 5.26 Å². The minimum Gasteiger partial charge on any atom is -0.489 e. The molecule has 8 nitrogen and oxygen atoms in total. The molecular formula is C31H31FN6O2. The molecule has 4 heterocycles. The van der Waals surface area contributed by atoms with Crippen LogP contribution in [0.4, 0.5) is 10.1 Å². The SMILES string of the molecule is CNCc1cc(C)c(-c2cc3c(-c4ccc5c(c4)OC[C@@H]4CN(C6COC6)CCN54)n[nH]c3cc2C#N)c(F)c1. The summed E-state index contributed by atoms with van der Waals surface area (Å²) in [5.41, 5.74) is 6.55. The highest BCUT2D eigenvalue weighted by Crippen LogP contribution is 2.41. The Kier molecular flexibility index (Phi) is 6.19. The van der Waals surface area contributed by atoms with E-state index in [4.69, 9.17) is 9.47 Å². The van der Waals surface area contributed by atoms with Crippen LogP contribution in [0.25, 0.3) is 33.3 Å². The molecule has 1 aromatic heterocycles. The third-order valence-corrected chi connectivity index (χ3v) is 8.44. The number of rotatable bonds is 5. The Labute approximate surface area is 232 Å². The first-order valence-corrected chi connectivity index (χ1v) is 13.8. The maximum atomic E-state index is 15.4. The third kappa shape index (κ3) is 4.11. The molecule has 0 unspecified atom stereocenters. The second-order valence-corrected chi connectivity index (χ2v) is 11.0. The molecule has 1 atom stereocenters. The first kappa shape index (κ1) is 25.0. The van der Waals surface area contributed by atoms with Gasteiger partial charge in [-0.3, -0.25) is 10.00 Å². The molecule has 204 valence electrons. The van der Waals surface area contributed by atoms with Crippen LogP contribution in [0.5, 0.6) is 5.75 Å². The van der Waals surface area contributed by atoms with Crippen molar-refractivity contribution in [3.8, 4) is 34.2 Å². The van der Waals surface area contributed by atoms with Gasteiger partial charge in [-0.15, -0.1) is 0 Å². The number of nitriles is 1. The van der Waals surface area contributed by atoms with Crippen LogP contribution < -0.4 is 15.0 Å². The molecule has 7 rings (SSSR count). The molecule has 2 saturated heterocycles. The number of hydrogen-bond donors (Lipinski definition) is 2. The first-order valence-electron chi connectivity index (χ1n) is 13.8. The molecule has 9 heteroatoms. The summed E-state index contributed by atoms with van der Waals surface area (Å²) in [4.78, 5) is 4.98. The fourth-order valence-electron chi connectivity index (χ4n) is 6.35. The smallest absolute Gasteiger partial charge is 0.143 e. The quantitative estimate of drug-likeness (QED) is 0.393. The Morgan fingerprint density at radius 1 is 1.12 bits per heavy atom. The number of piperazine rings is 1. The summed E-state index contributed by atoms with van der Waals surface area (Å²) in [5.74, 6) is 0.508. The summed E-state index contributed by atoms with van der Waals surface area (Å²) >= 11 is 0. The largest absolute Gasteiger partial charge is 0.489 e. The van der Waals surface area contributed by atoms with Gasteiger partial charge < -0.3 is 19.7 Å². The van der Waals surface area contributed by atoms with Gasteiger partial charge >= 0.3 is 0 Å². The van der Waals surface area contributed by atoms with Gasteiger partial charge in [-0.25, -0.2) is 4.39 Å². The Morgan fingerprint density at radius 3 is 2.75 bits per heavy atom. The van der Waals surface area contributed by atoms with Gasteiger partial charge in [0.2, 0.25) is 0 Å². The van der Waals surface area contributed by atoms with E-state index in [1.54, 1.807) is 6.07 Å². The molecule has 0 amide bonds. The highest BCUT2D eigenvalue weighted by atomic mass is 19.1. The molecule has 4 aromatic rings. The normalized spacial score (nSPS) is 19.1. The maximum absolute atomic E-state index is 15.4. The number of nitrogens with one attached hydrogen (secondary N) is 2. The second kappa shape index (κ2) is 9.89. The lowest BCUT2D eigenvalue weighted by molar-refractivity contribution is -0.0715. The first-order chi connectivity index (χ1) is 19.5. The van der Waals surface area contributed by atoms with Crippen LogP contribution in [0.2, 0.25) is 0 Å². The van der Waals surface area contributed by atoms with E-state index in [0.29, 0.717) is 41.9 Å². The highest BCUT2D eigenvalue weighted by Gasteiger charge is 2.37. The van der Waals surface area contributed by atoms with Crippen LogP contribution in [-0.2, 0) is 11.3 Å². The number of anilines is 1. The average Bonchev–Trinajstić information content (AvgIpc) is 3.34. The van der Waals surface area contributed by atoms with Crippen molar-refractivity contribution in [1.29, 1.82) is 5.26 Å². The lowest BCUT2D eigenvalue weighted by Gasteiger charge is -2.49. The maximum Gasteiger partial charge on any atom is 0.143 e. The summed E-state index contributed by atoms with van der Waals surface area (Å²) < 4.78 is 27.1. The lowest BCUT2D eigenvalue weighted by atomic mass is 9.92. The van der Waals surface area contributed by atoms with Crippen LogP contribution in [0.3, 0.4) is 0 Å². The number of aryl methyl sites for hydroxylation is 1. The molecule has 0 saturated carbocycles. The predicted molar refractivity (Wildman–Crippen MR) is 152 cm³/mol. The number of ether oxygens (including phenoxy) is 2. The van der Waals surface area contributed by atoms with E-state index in [1.165, 1.54) is 6.07 Å². The molecule has 0 bridgehead atoms. The van der Waals surface area contributed by atoms with Gasteiger partial charge in [0, 0.05) is 48.3 Å². The number of aromatic amines is 1. The number of hydrogen-bond acceptors (Lipinski definition) is 7.